The van der Waals surface area contributed by atoms with Gasteiger partial charge in [-0.2, -0.15) is 0 Å². The van der Waals surface area contributed by atoms with Gasteiger partial charge in [-0.3, -0.25) is 0 Å². The molecule has 152 valence electrons. The minimum atomic E-state index is 0.0104. The Labute approximate surface area is 175 Å². The Bertz CT molecular complexity index is 974. The summed E-state index contributed by atoms with van der Waals surface area (Å²) in [6.07, 6.45) is 2.76. The van der Waals surface area contributed by atoms with Crippen LogP contribution in [-0.4, -0.2) is 28.6 Å². The molecule has 0 aliphatic carbocycles. The molecule has 1 aliphatic heterocycles. The quantitative estimate of drug-likeness (QED) is 0.587. The molecule has 29 heavy (non-hydrogen) atoms. The molecule has 0 fully saturated rings. The molecular formula is C22H26N4O2S. The number of fused-ring (bicyclic) bond motifs is 1. The first-order chi connectivity index (χ1) is 14.2. The van der Waals surface area contributed by atoms with Gasteiger partial charge in [-0.15, -0.1) is 10.2 Å². The monoisotopic (exact) mass is 410 g/mol. The molecule has 0 saturated heterocycles. The first-order valence-corrected chi connectivity index (χ1v) is 10.9. The highest BCUT2D eigenvalue weighted by molar-refractivity contribution is 7.99. The fourth-order valence-corrected chi connectivity index (χ4v) is 4.57. The maximum Gasteiger partial charge on any atom is 0.212 e. The minimum Gasteiger partial charge on any atom is -0.496 e. The van der Waals surface area contributed by atoms with Gasteiger partial charge in [0.2, 0.25) is 5.16 Å². The molecule has 1 aromatic heterocycles. The first-order valence-electron chi connectivity index (χ1n) is 9.98. The summed E-state index contributed by atoms with van der Waals surface area (Å²) in [7, 11) is 1.70. The van der Waals surface area contributed by atoms with Gasteiger partial charge in [0.05, 0.1) is 13.7 Å². The summed E-state index contributed by atoms with van der Waals surface area (Å²) in [5.41, 5.74) is 7.06. The van der Waals surface area contributed by atoms with Crippen LogP contribution in [0.1, 0.15) is 48.2 Å². The van der Waals surface area contributed by atoms with E-state index in [1.807, 2.05) is 35.9 Å². The number of methoxy groups -OCH3 is 1. The van der Waals surface area contributed by atoms with Crippen molar-refractivity contribution in [1.82, 2.24) is 14.9 Å². The van der Waals surface area contributed by atoms with Gasteiger partial charge < -0.3 is 14.9 Å². The zero-order valence-corrected chi connectivity index (χ0v) is 17.8. The van der Waals surface area contributed by atoms with Crippen LogP contribution in [0.25, 0.3) is 0 Å². The number of aryl methyl sites for hydroxylation is 1. The zero-order chi connectivity index (χ0) is 20.2. The van der Waals surface area contributed by atoms with Crippen molar-refractivity contribution in [2.75, 3.05) is 19.1 Å². The summed E-state index contributed by atoms with van der Waals surface area (Å²) in [5, 5.41) is 9.63. The Hall–Kier alpha value is -2.67. The van der Waals surface area contributed by atoms with Crippen LogP contribution in [0.4, 0.5) is 0 Å². The molecule has 0 spiro atoms. The Kier molecular flexibility index (Phi) is 5.94. The average molecular weight is 411 g/mol. The second-order valence-electron chi connectivity index (χ2n) is 6.91. The molecule has 2 aromatic carbocycles. The summed E-state index contributed by atoms with van der Waals surface area (Å²) in [6.45, 7) is 4.82. The summed E-state index contributed by atoms with van der Waals surface area (Å²) in [5.74, 6) is 2.63. The lowest BCUT2D eigenvalue weighted by Crippen LogP contribution is -2.16. The topological polar surface area (TPSA) is 61.2 Å². The summed E-state index contributed by atoms with van der Waals surface area (Å²) >= 11 is 1.65. The van der Waals surface area contributed by atoms with Gasteiger partial charge in [-0.05, 0) is 30.5 Å². The number of hydrogen-bond acceptors (Lipinski definition) is 6. The van der Waals surface area contributed by atoms with E-state index in [1.54, 1.807) is 18.9 Å². The number of rotatable bonds is 8. The maximum absolute atomic E-state index is 5.85. The predicted molar refractivity (Wildman–Crippen MR) is 115 cm³/mol. The Morgan fingerprint density at radius 1 is 1.10 bits per heavy atom. The largest absolute Gasteiger partial charge is 0.496 e. The van der Waals surface area contributed by atoms with E-state index >= 15 is 0 Å². The molecule has 3 aromatic rings. The SMILES string of the molecule is CCCc1cc(C2Nn3c(Cc4ccccc4)nnc3S2)c(OC)cc1OCC. The van der Waals surface area contributed by atoms with Crippen LogP contribution in [0.3, 0.4) is 0 Å². The summed E-state index contributed by atoms with van der Waals surface area (Å²) in [6, 6.07) is 14.5. The van der Waals surface area contributed by atoms with Gasteiger partial charge in [-0.1, -0.05) is 55.4 Å². The van der Waals surface area contributed by atoms with Gasteiger partial charge in [-0.25, -0.2) is 4.68 Å². The van der Waals surface area contributed by atoms with E-state index in [0.717, 1.165) is 47.3 Å². The van der Waals surface area contributed by atoms with Crippen LogP contribution in [0.15, 0.2) is 47.6 Å². The molecule has 6 nitrogen and oxygen atoms in total. The third kappa shape index (κ3) is 4.05. The van der Waals surface area contributed by atoms with E-state index < -0.39 is 0 Å². The van der Waals surface area contributed by atoms with Gasteiger partial charge >= 0.3 is 0 Å². The van der Waals surface area contributed by atoms with E-state index in [-0.39, 0.29) is 5.37 Å². The van der Waals surface area contributed by atoms with Crippen molar-refractivity contribution in [1.29, 1.82) is 0 Å². The molecule has 1 unspecified atom stereocenters. The van der Waals surface area contributed by atoms with Crippen molar-refractivity contribution < 1.29 is 9.47 Å². The number of nitrogens with zero attached hydrogens (tertiary/aromatic N) is 3. The minimum absolute atomic E-state index is 0.0104. The number of ether oxygens (including phenoxy) is 2. The van der Waals surface area contributed by atoms with Crippen molar-refractivity contribution in [3.63, 3.8) is 0 Å². The highest BCUT2D eigenvalue weighted by atomic mass is 32.2. The molecule has 0 amide bonds. The lowest BCUT2D eigenvalue weighted by Gasteiger charge is -2.19. The Morgan fingerprint density at radius 2 is 1.93 bits per heavy atom. The van der Waals surface area contributed by atoms with E-state index in [9.17, 15) is 0 Å². The van der Waals surface area contributed by atoms with Gasteiger partial charge in [0, 0.05) is 18.1 Å². The van der Waals surface area contributed by atoms with E-state index in [2.05, 4.69) is 40.7 Å². The molecule has 2 heterocycles. The lowest BCUT2D eigenvalue weighted by atomic mass is 10.0. The van der Waals surface area contributed by atoms with E-state index in [1.165, 1.54) is 11.1 Å². The number of thioether (sulfide) groups is 1. The van der Waals surface area contributed by atoms with Crippen molar-refractivity contribution in [2.45, 2.75) is 43.6 Å². The van der Waals surface area contributed by atoms with E-state index in [0.29, 0.717) is 6.61 Å². The van der Waals surface area contributed by atoms with Crippen LogP contribution < -0.4 is 14.9 Å². The Morgan fingerprint density at radius 3 is 2.66 bits per heavy atom. The average Bonchev–Trinajstić information content (AvgIpc) is 3.32. The van der Waals surface area contributed by atoms with Crippen LogP contribution in [0, 0.1) is 0 Å². The maximum atomic E-state index is 5.85. The van der Waals surface area contributed by atoms with Gasteiger partial charge in [0.25, 0.3) is 0 Å². The second-order valence-corrected chi connectivity index (χ2v) is 7.98. The second kappa shape index (κ2) is 8.78. The van der Waals surface area contributed by atoms with Crippen molar-refractivity contribution >= 4 is 11.8 Å². The fourth-order valence-electron chi connectivity index (χ4n) is 3.54. The number of hydrogen-bond donors (Lipinski definition) is 1. The smallest absolute Gasteiger partial charge is 0.212 e. The summed E-state index contributed by atoms with van der Waals surface area (Å²) < 4.78 is 13.5. The predicted octanol–water partition coefficient (Wildman–Crippen LogP) is 4.58. The summed E-state index contributed by atoms with van der Waals surface area (Å²) in [4.78, 5) is 0. The number of aromatic nitrogens is 3. The van der Waals surface area contributed by atoms with Gasteiger partial charge in [0.15, 0.2) is 5.82 Å². The molecule has 0 radical (unpaired) electrons. The first kappa shape index (κ1) is 19.6. The lowest BCUT2D eigenvalue weighted by molar-refractivity contribution is 0.331. The van der Waals surface area contributed by atoms with Gasteiger partial charge in [0.1, 0.15) is 16.9 Å². The number of nitrogens with one attached hydrogen (secondary N) is 1. The van der Waals surface area contributed by atoms with E-state index in [4.69, 9.17) is 9.47 Å². The van der Waals surface area contributed by atoms with Crippen LogP contribution in [-0.2, 0) is 12.8 Å². The molecule has 1 aliphatic rings. The third-order valence-corrected chi connectivity index (χ3v) is 5.96. The van der Waals surface area contributed by atoms with Crippen LogP contribution in [0.2, 0.25) is 0 Å². The van der Waals surface area contributed by atoms with Crippen molar-refractivity contribution in [3.05, 3.63) is 65.0 Å². The highest BCUT2D eigenvalue weighted by Gasteiger charge is 2.30. The molecule has 4 rings (SSSR count). The third-order valence-electron chi connectivity index (χ3n) is 4.89. The molecular weight excluding hydrogens is 384 g/mol. The fraction of sp³-hybridized carbons (Fsp3) is 0.364. The molecule has 1 atom stereocenters. The normalized spacial score (nSPS) is 15.1. The molecule has 7 heteroatoms. The van der Waals surface area contributed by atoms with Crippen molar-refractivity contribution in [2.24, 2.45) is 0 Å². The molecule has 0 bridgehead atoms. The standard InChI is InChI=1S/C22H26N4O2S/c1-4-9-16-13-17(19(27-3)14-18(16)28-5-2)21-25-26-20(23-24-22(26)29-21)12-15-10-7-6-8-11-15/h6-8,10-11,13-14,21,25H,4-5,9,12H2,1-3H3. The van der Waals surface area contributed by atoms with Crippen LogP contribution >= 0.6 is 11.8 Å². The molecule has 0 saturated carbocycles. The van der Waals surface area contributed by atoms with Crippen LogP contribution in [0.5, 0.6) is 11.5 Å². The van der Waals surface area contributed by atoms with Crippen molar-refractivity contribution in [3.8, 4) is 11.5 Å². The zero-order valence-electron chi connectivity index (χ0n) is 17.0. The Balaban J connectivity index is 1.61. The highest BCUT2D eigenvalue weighted by Crippen LogP contribution is 2.44. The number of benzene rings is 2. The molecule has 1 N–H and O–H groups in total.